The number of nitrogens with zero attached hydrogens (tertiary/aromatic N) is 1. The van der Waals surface area contributed by atoms with Crippen molar-refractivity contribution in [2.75, 3.05) is 6.54 Å². The molecule has 19 heavy (non-hydrogen) atoms. The zero-order valence-electron chi connectivity index (χ0n) is 10.3. The number of thiophene rings is 1. The summed E-state index contributed by atoms with van der Waals surface area (Å²) < 4.78 is 13.8. The molecule has 1 N–H and O–H groups in total. The Morgan fingerprint density at radius 2 is 2.21 bits per heavy atom. The van der Waals surface area contributed by atoms with E-state index in [9.17, 15) is 9.18 Å². The topological polar surface area (TPSA) is 52.9 Å². The number of nitrogens with one attached hydrogen (secondary N) is 1. The Kier molecular flexibility index (Phi) is 4.48. The van der Waals surface area contributed by atoms with Crippen LogP contribution in [0.5, 0.6) is 0 Å². The first-order valence-electron chi connectivity index (χ1n) is 6.05. The molecule has 1 aromatic carbocycles. The van der Waals surface area contributed by atoms with Crippen molar-refractivity contribution in [1.82, 2.24) is 5.32 Å². The number of carbonyl (C=O) groups excluding carboxylic acids is 1. The third kappa shape index (κ3) is 3.52. The first-order valence-corrected chi connectivity index (χ1v) is 6.86. The molecular weight excluding hydrogens is 263 g/mol. The lowest BCUT2D eigenvalue weighted by atomic mass is 10.2. The van der Waals surface area contributed by atoms with Crippen molar-refractivity contribution in [2.45, 2.75) is 19.3 Å². The molecule has 1 amide bonds. The Morgan fingerprint density at radius 1 is 1.37 bits per heavy atom. The molecule has 1 heterocycles. The molecule has 0 aliphatic rings. The minimum atomic E-state index is -0.294. The lowest BCUT2D eigenvalue weighted by Crippen LogP contribution is -2.23. The summed E-state index contributed by atoms with van der Waals surface area (Å²) in [7, 11) is 0. The standard InChI is InChI=1S/C14H13FN2OS/c15-11-5-4-10-8-13(19-12(10)9-11)14(18)17-7-3-1-2-6-16/h4-5,8-9H,1-3,7H2,(H,17,18). The summed E-state index contributed by atoms with van der Waals surface area (Å²) in [6.45, 7) is 0.559. The number of hydrogen-bond acceptors (Lipinski definition) is 3. The summed E-state index contributed by atoms with van der Waals surface area (Å²) in [5.74, 6) is -0.434. The predicted octanol–water partition coefficient (Wildman–Crippen LogP) is 3.46. The highest BCUT2D eigenvalue weighted by Gasteiger charge is 2.09. The van der Waals surface area contributed by atoms with Crippen molar-refractivity contribution in [1.29, 1.82) is 5.26 Å². The van der Waals surface area contributed by atoms with Gasteiger partial charge in [-0.15, -0.1) is 11.3 Å². The Hall–Kier alpha value is -1.93. The van der Waals surface area contributed by atoms with Crippen LogP contribution in [0, 0.1) is 17.1 Å². The van der Waals surface area contributed by atoms with E-state index >= 15 is 0 Å². The van der Waals surface area contributed by atoms with E-state index in [2.05, 4.69) is 11.4 Å². The summed E-state index contributed by atoms with van der Waals surface area (Å²) in [5, 5.41) is 12.1. The number of benzene rings is 1. The summed E-state index contributed by atoms with van der Waals surface area (Å²) in [5.41, 5.74) is 0. The molecule has 0 atom stereocenters. The Labute approximate surface area is 114 Å². The summed E-state index contributed by atoms with van der Waals surface area (Å²) in [4.78, 5) is 12.5. The van der Waals surface area contributed by atoms with Gasteiger partial charge in [0.2, 0.25) is 0 Å². The number of amides is 1. The maximum absolute atomic E-state index is 13.0. The van der Waals surface area contributed by atoms with Crippen molar-refractivity contribution >= 4 is 27.3 Å². The van der Waals surface area contributed by atoms with Crippen LogP contribution in [0.25, 0.3) is 10.1 Å². The highest BCUT2D eigenvalue weighted by atomic mass is 32.1. The van der Waals surface area contributed by atoms with Gasteiger partial charge in [-0.1, -0.05) is 6.07 Å². The van der Waals surface area contributed by atoms with Gasteiger partial charge in [0.1, 0.15) is 5.82 Å². The summed E-state index contributed by atoms with van der Waals surface area (Å²) in [6.07, 6.45) is 2.09. The number of rotatable bonds is 5. The normalized spacial score (nSPS) is 10.3. The van der Waals surface area contributed by atoms with Crippen LogP contribution in [-0.2, 0) is 0 Å². The molecule has 5 heteroatoms. The molecule has 0 saturated heterocycles. The molecule has 2 rings (SSSR count). The van der Waals surface area contributed by atoms with E-state index in [1.54, 1.807) is 12.1 Å². The Balaban J connectivity index is 1.96. The fraction of sp³-hybridized carbons (Fsp3) is 0.286. The van der Waals surface area contributed by atoms with Crippen molar-refractivity contribution in [3.63, 3.8) is 0 Å². The lowest BCUT2D eigenvalue weighted by molar-refractivity contribution is 0.0957. The third-order valence-corrected chi connectivity index (χ3v) is 3.80. The average Bonchev–Trinajstić information content (AvgIpc) is 2.81. The van der Waals surface area contributed by atoms with Crippen LogP contribution in [0.2, 0.25) is 0 Å². The molecule has 0 spiro atoms. The van der Waals surface area contributed by atoms with Gasteiger partial charge in [0.05, 0.1) is 10.9 Å². The van der Waals surface area contributed by atoms with E-state index in [0.29, 0.717) is 17.8 Å². The highest BCUT2D eigenvalue weighted by Crippen LogP contribution is 2.26. The van der Waals surface area contributed by atoms with Gasteiger partial charge >= 0.3 is 0 Å². The smallest absolute Gasteiger partial charge is 0.261 e. The van der Waals surface area contributed by atoms with Gasteiger partial charge in [0.25, 0.3) is 5.91 Å². The van der Waals surface area contributed by atoms with Crippen LogP contribution in [0.4, 0.5) is 4.39 Å². The number of nitriles is 1. The van der Waals surface area contributed by atoms with Gasteiger partial charge < -0.3 is 5.32 Å². The molecule has 0 aliphatic heterocycles. The largest absolute Gasteiger partial charge is 0.351 e. The first kappa shape index (κ1) is 13.5. The fourth-order valence-corrected chi connectivity index (χ4v) is 2.74. The molecule has 1 aromatic heterocycles. The van der Waals surface area contributed by atoms with Gasteiger partial charge in [-0.2, -0.15) is 5.26 Å². The summed E-state index contributed by atoms with van der Waals surface area (Å²) >= 11 is 1.28. The van der Waals surface area contributed by atoms with Crippen LogP contribution in [0.3, 0.4) is 0 Å². The first-order chi connectivity index (χ1) is 9.20. The van der Waals surface area contributed by atoms with Crippen LogP contribution < -0.4 is 5.32 Å². The van der Waals surface area contributed by atoms with E-state index in [1.165, 1.54) is 23.5 Å². The molecule has 0 unspecified atom stereocenters. The van der Waals surface area contributed by atoms with E-state index in [4.69, 9.17) is 5.26 Å². The Bertz CT molecular complexity index is 630. The van der Waals surface area contributed by atoms with Crippen LogP contribution in [0.1, 0.15) is 28.9 Å². The molecular formula is C14H13FN2OS. The quantitative estimate of drug-likeness (QED) is 0.850. The minimum absolute atomic E-state index is 0.140. The van der Waals surface area contributed by atoms with E-state index in [-0.39, 0.29) is 11.7 Å². The van der Waals surface area contributed by atoms with Gasteiger partial charge in [-0.05, 0) is 36.4 Å². The number of carbonyl (C=O) groups is 1. The van der Waals surface area contributed by atoms with Crippen molar-refractivity contribution in [3.05, 3.63) is 35.0 Å². The second-order valence-electron chi connectivity index (χ2n) is 4.16. The van der Waals surface area contributed by atoms with E-state index in [1.807, 2.05) is 0 Å². The average molecular weight is 276 g/mol. The van der Waals surface area contributed by atoms with Crippen LogP contribution >= 0.6 is 11.3 Å². The van der Waals surface area contributed by atoms with Crippen LogP contribution in [0.15, 0.2) is 24.3 Å². The monoisotopic (exact) mass is 276 g/mol. The fourth-order valence-electron chi connectivity index (χ4n) is 1.73. The SMILES string of the molecule is N#CCCCCNC(=O)c1cc2ccc(F)cc2s1. The third-order valence-electron chi connectivity index (χ3n) is 2.71. The zero-order valence-corrected chi connectivity index (χ0v) is 11.1. The molecule has 98 valence electrons. The second kappa shape index (κ2) is 6.30. The van der Waals surface area contributed by atoms with Gasteiger partial charge in [0.15, 0.2) is 0 Å². The van der Waals surface area contributed by atoms with Crippen molar-refractivity contribution < 1.29 is 9.18 Å². The van der Waals surface area contributed by atoms with Gasteiger partial charge in [-0.25, -0.2) is 4.39 Å². The Morgan fingerprint density at radius 3 is 3.00 bits per heavy atom. The van der Waals surface area contributed by atoms with Crippen LogP contribution in [-0.4, -0.2) is 12.5 Å². The highest BCUT2D eigenvalue weighted by molar-refractivity contribution is 7.20. The van der Waals surface area contributed by atoms with Crippen molar-refractivity contribution in [2.24, 2.45) is 0 Å². The second-order valence-corrected chi connectivity index (χ2v) is 5.25. The molecule has 0 radical (unpaired) electrons. The molecule has 3 nitrogen and oxygen atoms in total. The van der Waals surface area contributed by atoms with Gasteiger partial charge in [-0.3, -0.25) is 4.79 Å². The number of fused-ring (bicyclic) bond motifs is 1. The number of unbranched alkanes of at least 4 members (excludes halogenated alkanes) is 2. The van der Waals surface area contributed by atoms with E-state index < -0.39 is 0 Å². The molecule has 0 aliphatic carbocycles. The summed E-state index contributed by atoms with van der Waals surface area (Å²) in [6, 6.07) is 8.33. The maximum atomic E-state index is 13.0. The van der Waals surface area contributed by atoms with Gasteiger partial charge in [0, 0.05) is 17.7 Å². The lowest BCUT2D eigenvalue weighted by Gasteiger charge is -2.01. The van der Waals surface area contributed by atoms with E-state index in [0.717, 1.165) is 22.9 Å². The minimum Gasteiger partial charge on any atom is -0.351 e. The molecule has 0 bridgehead atoms. The molecule has 0 fully saturated rings. The maximum Gasteiger partial charge on any atom is 0.261 e. The zero-order chi connectivity index (χ0) is 13.7. The number of halogens is 1. The molecule has 2 aromatic rings. The predicted molar refractivity (Wildman–Crippen MR) is 73.6 cm³/mol. The number of hydrogen-bond donors (Lipinski definition) is 1. The van der Waals surface area contributed by atoms with Crippen molar-refractivity contribution in [3.8, 4) is 6.07 Å². The molecule has 0 saturated carbocycles.